The standard InChI is InChI=1S/C19H16ClN3O/c1-3-12-23-17-7-5-4-6-16(17)22-18(23)13(2)21-19(24)14-8-10-15(20)11-9-14/h1,4-11,13H,12H2,2H3,(H,21,24). The summed E-state index contributed by atoms with van der Waals surface area (Å²) in [6, 6.07) is 14.2. The lowest BCUT2D eigenvalue weighted by molar-refractivity contribution is 0.0938. The predicted octanol–water partition coefficient (Wildman–Crippen LogP) is 3.81. The highest BCUT2D eigenvalue weighted by Crippen LogP contribution is 2.21. The zero-order valence-corrected chi connectivity index (χ0v) is 13.9. The summed E-state index contributed by atoms with van der Waals surface area (Å²) in [6.07, 6.45) is 5.49. The van der Waals surface area contributed by atoms with Crippen molar-refractivity contribution < 1.29 is 4.79 Å². The quantitative estimate of drug-likeness (QED) is 0.736. The highest BCUT2D eigenvalue weighted by Gasteiger charge is 2.18. The van der Waals surface area contributed by atoms with Crippen molar-refractivity contribution in [3.63, 3.8) is 0 Å². The van der Waals surface area contributed by atoms with E-state index in [1.54, 1.807) is 24.3 Å². The summed E-state index contributed by atoms with van der Waals surface area (Å²) in [7, 11) is 0. The molecule has 0 aliphatic heterocycles. The number of imidazole rings is 1. The van der Waals surface area contributed by atoms with E-state index in [-0.39, 0.29) is 11.9 Å². The van der Waals surface area contributed by atoms with Gasteiger partial charge < -0.3 is 9.88 Å². The van der Waals surface area contributed by atoms with Crippen LogP contribution in [0, 0.1) is 12.3 Å². The van der Waals surface area contributed by atoms with Crippen molar-refractivity contribution in [1.29, 1.82) is 0 Å². The molecule has 2 aromatic carbocycles. The van der Waals surface area contributed by atoms with Crippen LogP contribution in [0.25, 0.3) is 11.0 Å². The van der Waals surface area contributed by atoms with Crippen LogP contribution in [0.15, 0.2) is 48.5 Å². The lowest BCUT2D eigenvalue weighted by Gasteiger charge is -2.15. The number of terminal acetylenes is 1. The fraction of sp³-hybridized carbons (Fsp3) is 0.158. The van der Waals surface area contributed by atoms with Gasteiger partial charge >= 0.3 is 0 Å². The molecule has 1 aromatic heterocycles. The number of nitrogens with one attached hydrogen (secondary N) is 1. The van der Waals surface area contributed by atoms with Crippen molar-refractivity contribution in [2.75, 3.05) is 0 Å². The first kappa shape index (κ1) is 16.1. The topological polar surface area (TPSA) is 46.9 Å². The van der Waals surface area contributed by atoms with Gasteiger partial charge in [0.2, 0.25) is 0 Å². The first-order valence-corrected chi connectivity index (χ1v) is 7.93. The van der Waals surface area contributed by atoms with Gasteiger partial charge in [-0.25, -0.2) is 4.98 Å². The van der Waals surface area contributed by atoms with Crippen molar-refractivity contribution in [2.24, 2.45) is 0 Å². The average Bonchev–Trinajstić information content (AvgIpc) is 2.95. The van der Waals surface area contributed by atoms with E-state index in [2.05, 4.69) is 16.2 Å². The number of para-hydroxylation sites is 2. The fourth-order valence-corrected chi connectivity index (χ4v) is 2.75. The number of nitrogens with zero attached hydrogens (tertiary/aromatic N) is 2. The largest absolute Gasteiger partial charge is 0.342 e. The Balaban J connectivity index is 1.89. The lowest BCUT2D eigenvalue weighted by Crippen LogP contribution is -2.28. The number of benzene rings is 2. The minimum Gasteiger partial charge on any atom is -0.342 e. The maximum absolute atomic E-state index is 12.4. The molecule has 120 valence electrons. The van der Waals surface area contributed by atoms with Gasteiger partial charge in [-0.05, 0) is 43.3 Å². The van der Waals surface area contributed by atoms with Crippen LogP contribution in [-0.2, 0) is 6.54 Å². The summed E-state index contributed by atoms with van der Waals surface area (Å²) in [6.45, 7) is 2.29. The molecule has 1 atom stereocenters. The number of hydrogen-bond donors (Lipinski definition) is 1. The average molecular weight is 338 g/mol. The number of rotatable bonds is 4. The van der Waals surface area contributed by atoms with E-state index in [1.807, 2.05) is 35.8 Å². The molecular formula is C19H16ClN3O. The number of carbonyl (C=O) groups excluding carboxylic acids is 1. The van der Waals surface area contributed by atoms with E-state index in [9.17, 15) is 4.79 Å². The zero-order valence-electron chi connectivity index (χ0n) is 13.2. The Morgan fingerprint density at radius 2 is 2.00 bits per heavy atom. The van der Waals surface area contributed by atoms with Crippen molar-refractivity contribution in [3.8, 4) is 12.3 Å². The first-order chi connectivity index (χ1) is 11.6. The summed E-state index contributed by atoms with van der Waals surface area (Å²) in [4.78, 5) is 17.0. The summed E-state index contributed by atoms with van der Waals surface area (Å²) < 4.78 is 1.95. The van der Waals surface area contributed by atoms with E-state index in [0.717, 1.165) is 16.9 Å². The van der Waals surface area contributed by atoms with Gasteiger partial charge in [0, 0.05) is 10.6 Å². The molecule has 3 rings (SSSR count). The van der Waals surface area contributed by atoms with Crippen LogP contribution >= 0.6 is 11.6 Å². The van der Waals surface area contributed by atoms with Gasteiger partial charge in [-0.15, -0.1) is 6.42 Å². The molecule has 5 heteroatoms. The molecule has 0 fully saturated rings. The second-order valence-corrected chi connectivity index (χ2v) is 5.89. The van der Waals surface area contributed by atoms with Gasteiger partial charge in [0.05, 0.1) is 23.6 Å². The Labute approximate surface area is 145 Å². The minimum atomic E-state index is -0.283. The maximum Gasteiger partial charge on any atom is 0.251 e. The first-order valence-electron chi connectivity index (χ1n) is 7.55. The number of fused-ring (bicyclic) bond motifs is 1. The number of amides is 1. The number of aromatic nitrogens is 2. The van der Waals surface area contributed by atoms with Gasteiger partial charge in [-0.1, -0.05) is 29.7 Å². The monoisotopic (exact) mass is 337 g/mol. The van der Waals surface area contributed by atoms with Crippen molar-refractivity contribution in [2.45, 2.75) is 19.5 Å². The van der Waals surface area contributed by atoms with E-state index in [4.69, 9.17) is 18.0 Å². The third-order valence-corrected chi connectivity index (χ3v) is 4.03. The van der Waals surface area contributed by atoms with Crippen molar-refractivity contribution in [1.82, 2.24) is 14.9 Å². The van der Waals surface area contributed by atoms with E-state index in [1.165, 1.54) is 0 Å². The third-order valence-electron chi connectivity index (χ3n) is 3.77. The van der Waals surface area contributed by atoms with Crippen LogP contribution in [0.2, 0.25) is 5.02 Å². The smallest absolute Gasteiger partial charge is 0.251 e. The Morgan fingerprint density at radius 1 is 1.29 bits per heavy atom. The molecule has 24 heavy (non-hydrogen) atoms. The Morgan fingerprint density at radius 3 is 2.71 bits per heavy atom. The van der Waals surface area contributed by atoms with E-state index in [0.29, 0.717) is 17.1 Å². The van der Waals surface area contributed by atoms with Gasteiger partial charge in [0.1, 0.15) is 5.82 Å². The molecule has 0 aliphatic carbocycles. The molecule has 0 saturated carbocycles. The maximum atomic E-state index is 12.4. The normalized spacial score (nSPS) is 11.9. The molecule has 1 unspecified atom stereocenters. The Bertz CT molecular complexity index is 922. The highest BCUT2D eigenvalue weighted by molar-refractivity contribution is 6.30. The fourth-order valence-electron chi connectivity index (χ4n) is 2.63. The van der Waals surface area contributed by atoms with Gasteiger partial charge in [-0.2, -0.15) is 0 Å². The molecule has 1 amide bonds. The summed E-state index contributed by atoms with van der Waals surface area (Å²) >= 11 is 5.85. The van der Waals surface area contributed by atoms with Gasteiger partial charge in [-0.3, -0.25) is 4.79 Å². The van der Waals surface area contributed by atoms with E-state index >= 15 is 0 Å². The number of halogens is 1. The molecule has 1 N–H and O–H groups in total. The van der Waals surface area contributed by atoms with Crippen LogP contribution < -0.4 is 5.32 Å². The number of carbonyl (C=O) groups is 1. The SMILES string of the molecule is C#CCn1c(C(C)NC(=O)c2ccc(Cl)cc2)nc2ccccc21. The summed E-state index contributed by atoms with van der Waals surface area (Å²) in [5.41, 5.74) is 2.36. The molecule has 3 aromatic rings. The van der Waals surface area contributed by atoms with Crippen LogP contribution in [0.4, 0.5) is 0 Å². The van der Waals surface area contributed by atoms with Crippen LogP contribution in [0.1, 0.15) is 29.1 Å². The molecule has 0 radical (unpaired) electrons. The molecule has 1 heterocycles. The molecule has 0 aliphatic rings. The lowest BCUT2D eigenvalue weighted by atomic mass is 10.2. The highest BCUT2D eigenvalue weighted by atomic mass is 35.5. The van der Waals surface area contributed by atoms with Crippen molar-refractivity contribution in [3.05, 3.63) is 64.9 Å². The molecular weight excluding hydrogens is 322 g/mol. The second-order valence-electron chi connectivity index (χ2n) is 5.45. The molecule has 4 nitrogen and oxygen atoms in total. The summed E-state index contributed by atoms with van der Waals surface area (Å²) in [5.74, 6) is 3.20. The molecule has 0 spiro atoms. The van der Waals surface area contributed by atoms with Gasteiger partial charge in [0.15, 0.2) is 0 Å². The predicted molar refractivity (Wildman–Crippen MR) is 95.9 cm³/mol. The molecule has 0 saturated heterocycles. The van der Waals surface area contributed by atoms with Crippen LogP contribution in [-0.4, -0.2) is 15.5 Å². The van der Waals surface area contributed by atoms with E-state index < -0.39 is 0 Å². The van der Waals surface area contributed by atoms with Crippen molar-refractivity contribution >= 4 is 28.5 Å². The number of hydrogen-bond acceptors (Lipinski definition) is 2. The van der Waals surface area contributed by atoms with Crippen LogP contribution in [0.3, 0.4) is 0 Å². The molecule has 0 bridgehead atoms. The third kappa shape index (κ3) is 3.12. The zero-order chi connectivity index (χ0) is 17.1. The Kier molecular flexibility index (Phi) is 4.54. The second kappa shape index (κ2) is 6.77. The Hall–Kier alpha value is -2.77. The summed E-state index contributed by atoms with van der Waals surface area (Å²) in [5, 5.41) is 3.55. The van der Waals surface area contributed by atoms with Gasteiger partial charge in [0.25, 0.3) is 5.91 Å². The van der Waals surface area contributed by atoms with Crippen LogP contribution in [0.5, 0.6) is 0 Å². The minimum absolute atomic E-state index is 0.182.